The van der Waals surface area contributed by atoms with Gasteiger partial charge in [0.05, 0.1) is 0 Å². The van der Waals surface area contributed by atoms with Crippen molar-refractivity contribution in [3.63, 3.8) is 0 Å². The van der Waals surface area contributed by atoms with E-state index in [-0.39, 0.29) is 42.7 Å². The van der Waals surface area contributed by atoms with Gasteiger partial charge in [-0.3, -0.25) is 0 Å². The number of rotatable bonds is 12. The number of hydrogen-bond acceptors (Lipinski definition) is 4. The molecule has 0 radical (unpaired) electrons. The fourth-order valence-corrected chi connectivity index (χ4v) is 11.6. The molecule has 2 aromatic heterocycles. The Kier molecular flexibility index (Phi) is 15.0. The molecule has 0 aliphatic carbocycles. The molecule has 10 aromatic rings. The largest absolute Gasteiger partial charge is 0.509 e. The minimum absolute atomic E-state index is 0. The normalized spacial score (nSPS) is 13.2. The number of fused-ring (bicyclic) bond motifs is 4. The maximum Gasteiger partial charge on any atom is 0.135 e. The molecular weight excluding hydrogens is 1160 g/mol. The van der Waals surface area contributed by atoms with Crippen LogP contribution in [-0.4, -0.2) is 9.55 Å². The molecule has 11 rings (SSSR count). The van der Waals surface area contributed by atoms with Crippen molar-refractivity contribution in [1.82, 2.24) is 9.55 Å². The van der Waals surface area contributed by atoms with Gasteiger partial charge in [0.1, 0.15) is 5.82 Å². The summed E-state index contributed by atoms with van der Waals surface area (Å²) in [4.78, 5) is 9.74. The Labute approximate surface area is 491 Å². The minimum Gasteiger partial charge on any atom is -0.509 e. The molecule has 0 saturated carbocycles. The minimum atomic E-state index is -0.267. The second kappa shape index (κ2) is 21.4. The zero-order chi connectivity index (χ0) is 55.8. The molecule has 8 aromatic carbocycles. The Morgan fingerprint density at radius 2 is 1.06 bits per heavy atom. The van der Waals surface area contributed by atoms with E-state index in [2.05, 4.69) is 294 Å². The molecule has 0 N–H and O–H groups in total. The number of ether oxygens (including phenoxy) is 1. The van der Waals surface area contributed by atoms with Gasteiger partial charge in [0.2, 0.25) is 0 Å². The predicted octanol–water partition coefficient (Wildman–Crippen LogP) is 20.1. The van der Waals surface area contributed by atoms with E-state index in [9.17, 15) is 0 Å². The van der Waals surface area contributed by atoms with Crippen LogP contribution in [-0.2, 0) is 42.7 Å². The van der Waals surface area contributed by atoms with Crippen LogP contribution in [0.4, 0.5) is 22.7 Å². The van der Waals surface area contributed by atoms with E-state index in [1.165, 1.54) is 55.6 Å². The molecule has 0 unspecified atom stereocenters. The van der Waals surface area contributed by atoms with Gasteiger partial charge in [-0.2, -0.15) is 12.1 Å². The quantitative estimate of drug-likeness (QED) is 0.114. The molecule has 5 nitrogen and oxygen atoms in total. The van der Waals surface area contributed by atoms with Crippen LogP contribution in [0.3, 0.4) is 0 Å². The first-order valence-corrected chi connectivity index (χ1v) is 28.2. The fourth-order valence-electron chi connectivity index (χ4n) is 11.6. The molecule has 0 bridgehead atoms. The third kappa shape index (κ3) is 10.4. The van der Waals surface area contributed by atoms with Gasteiger partial charge in [-0.05, 0) is 126 Å². The van der Waals surface area contributed by atoms with Gasteiger partial charge < -0.3 is 19.1 Å². The molecular formula is C74H75N4OPt-3. The van der Waals surface area contributed by atoms with Crippen molar-refractivity contribution >= 4 is 44.6 Å². The zero-order valence-corrected chi connectivity index (χ0v) is 51.3. The van der Waals surface area contributed by atoms with Gasteiger partial charge >= 0.3 is 0 Å². The third-order valence-corrected chi connectivity index (χ3v) is 16.6. The number of aromatic nitrogens is 2. The molecule has 0 saturated heterocycles. The summed E-state index contributed by atoms with van der Waals surface area (Å²) >= 11 is 0. The van der Waals surface area contributed by atoms with Gasteiger partial charge in [0, 0.05) is 72.2 Å². The summed E-state index contributed by atoms with van der Waals surface area (Å²) in [5.41, 5.74) is 18.3. The standard InChI is InChI=1S/C74H75N4O.Pt/c1-48(2)61-29-22-30-62(49(3)4)70(61)50-31-35-66-68(39-50)76(47-77(66)58-41-55(71(5,6)7)40-56(42-58)72(8,9)10)57-27-21-28-59(45-57)79-60-33-34-63-64-43-53(73(11,12)51-23-17-15-18-24-51)32-36-65(64)78(67(63)46-60)69-44-54(37-38-75-69)74(13,14)52-25-19-16-20-26-52;/h15-44,47-49H,1-14H3;/q-3;. The number of anilines is 4. The molecule has 80 heavy (non-hydrogen) atoms. The first kappa shape index (κ1) is 56.1. The number of benzene rings is 8. The summed E-state index contributed by atoms with van der Waals surface area (Å²) < 4.78 is 9.18. The van der Waals surface area contributed by atoms with E-state index < -0.39 is 0 Å². The first-order valence-electron chi connectivity index (χ1n) is 28.2. The Morgan fingerprint density at radius 1 is 0.475 bits per heavy atom. The van der Waals surface area contributed by atoms with Crippen LogP contribution in [0.1, 0.15) is 153 Å². The van der Waals surface area contributed by atoms with Crippen LogP contribution in [0.15, 0.2) is 182 Å². The summed E-state index contributed by atoms with van der Waals surface area (Å²) in [7, 11) is 0. The number of hydrogen-bond donors (Lipinski definition) is 0. The second-order valence-electron chi connectivity index (χ2n) is 25.5. The Morgan fingerprint density at radius 3 is 1.66 bits per heavy atom. The van der Waals surface area contributed by atoms with Gasteiger partial charge in [0.25, 0.3) is 0 Å². The van der Waals surface area contributed by atoms with Crippen molar-refractivity contribution in [2.75, 3.05) is 9.80 Å². The van der Waals surface area contributed by atoms with Crippen molar-refractivity contribution in [3.05, 3.63) is 245 Å². The molecule has 0 fully saturated rings. The SMILES string of the molecule is CC(C)c1cccc(C(C)C)c1-c1ccc2c(c1)N(c1[c-]c(Oc3[c-]c4c(cc3)c3cc(C(C)(C)c5ccccc5)ccc3n4-c3cc(C(C)(C)c4ccccc4)ccn3)ccc1)[CH-]N2c1cc(C(C)(C)C)cc(C(C)(C)C)c1.[Pt]. The van der Waals surface area contributed by atoms with Crippen molar-refractivity contribution in [3.8, 4) is 28.4 Å². The van der Waals surface area contributed by atoms with Gasteiger partial charge in [-0.15, -0.1) is 48.1 Å². The fraction of sp³-hybridized carbons (Fsp3) is 0.270. The van der Waals surface area contributed by atoms with Crippen molar-refractivity contribution in [1.29, 1.82) is 0 Å². The van der Waals surface area contributed by atoms with Crippen LogP contribution < -0.4 is 14.5 Å². The third-order valence-electron chi connectivity index (χ3n) is 16.6. The number of pyridine rings is 1. The Bertz CT molecular complexity index is 3830. The first-order chi connectivity index (χ1) is 37.6. The van der Waals surface area contributed by atoms with E-state index in [1.54, 1.807) is 0 Å². The Balaban J connectivity index is 0.00000720. The van der Waals surface area contributed by atoms with Crippen molar-refractivity contribution in [2.24, 2.45) is 0 Å². The van der Waals surface area contributed by atoms with E-state index in [0.717, 1.165) is 50.4 Å². The summed E-state index contributed by atoms with van der Waals surface area (Å²) in [5.74, 6) is 2.72. The van der Waals surface area contributed by atoms with E-state index in [4.69, 9.17) is 9.72 Å². The predicted molar refractivity (Wildman–Crippen MR) is 332 cm³/mol. The molecule has 0 spiro atoms. The van der Waals surface area contributed by atoms with Gasteiger partial charge in [0.15, 0.2) is 0 Å². The second-order valence-corrected chi connectivity index (χ2v) is 25.5. The summed E-state index contributed by atoms with van der Waals surface area (Å²) in [6.45, 7) is 34.4. The maximum atomic E-state index is 6.93. The van der Waals surface area contributed by atoms with Crippen LogP contribution in [0.25, 0.3) is 38.8 Å². The van der Waals surface area contributed by atoms with E-state index in [0.29, 0.717) is 23.3 Å². The molecule has 0 amide bonds. The average Bonchev–Trinajstić information content (AvgIpc) is 4.06. The number of nitrogens with zero attached hydrogens (tertiary/aromatic N) is 4. The molecule has 410 valence electrons. The van der Waals surface area contributed by atoms with Crippen LogP contribution >= 0.6 is 0 Å². The van der Waals surface area contributed by atoms with Gasteiger partial charge in [-0.1, -0.05) is 206 Å². The molecule has 3 heterocycles. The average molecular weight is 1230 g/mol. The molecule has 0 atom stereocenters. The molecule has 1 aliphatic heterocycles. The Hall–Kier alpha value is -7.20. The van der Waals surface area contributed by atoms with Gasteiger partial charge in [-0.25, -0.2) is 4.98 Å². The topological polar surface area (TPSA) is 33.5 Å². The molecule has 6 heteroatoms. The van der Waals surface area contributed by atoms with Crippen molar-refractivity contribution < 1.29 is 25.8 Å². The monoisotopic (exact) mass is 1230 g/mol. The summed E-state index contributed by atoms with van der Waals surface area (Å²) in [6.07, 6.45) is 1.94. The maximum absolute atomic E-state index is 6.93. The zero-order valence-electron chi connectivity index (χ0n) is 49.1. The van der Waals surface area contributed by atoms with Crippen LogP contribution in [0, 0.1) is 18.8 Å². The van der Waals surface area contributed by atoms with Crippen LogP contribution in [0.2, 0.25) is 0 Å². The van der Waals surface area contributed by atoms with Crippen molar-refractivity contribution in [2.45, 2.75) is 130 Å². The summed E-state index contributed by atoms with van der Waals surface area (Å²) in [5, 5.41) is 2.21. The smallest absolute Gasteiger partial charge is 0.135 e. The van der Waals surface area contributed by atoms with E-state index in [1.807, 2.05) is 18.3 Å². The van der Waals surface area contributed by atoms with E-state index >= 15 is 0 Å². The summed E-state index contributed by atoms with van der Waals surface area (Å²) in [6, 6.07) is 71.7. The molecule has 1 aliphatic rings. The van der Waals surface area contributed by atoms with Crippen LogP contribution in [0.5, 0.6) is 11.5 Å².